The maximum Gasteiger partial charge on any atom is 0.119 e. The Morgan fingerprint density at radius 1 is 1.20 bits per heavy atom. The summed E-state index contributed by atoms with van der Waals surface area (Å²) in [6.45, 7) is 7.26. The lowest BCUT2D eigenvalue weighted by Crippen LogP contribution is -2.21. The van der Waals surface area contributed by atoms with E-state index in [-0.39, 0.29) is 0 Å². The molecule has 2 rings (SSSR count). The molecule has 0 spiro atoms. The minimum atomic E-state index is 0.734. The van der Waals surface area contributed by atoms with Crippen LogP contribution in [-0.4, -0.2) is 13.2 Å². The Balaban J connectivity index is 1.62. The van der Waals surface area contributed by atoms with Gasteiger partial charge >= 0.3 is 0 Å². The summed E-state index contributed by atoms with van der Waals surface area (Å²) in [5, 5.41) is 3.57. The van der Waals surface area contributed by atoms with Gasteiger partial charge in [0.05, 0.1) is 6.61 Å². The van der Waals surface area contributed by atoms with E-state index in [1.54, 1.807) is 0 Å². The SMILES string of the molecule is CCOc1ccc(CNCCC2CCCC(C)C2)cc1. The third-order valence-corrected chi connectivity index (χ3v) is 4.34. The number of nitrogens with one attached hydrogen (secondary N) is 1. The maximum atomic E-state index is 5.46. The first kappa shape index (κ1) is 15.4. The summed E-state index contributed by atoms with van der Waals surface area (Å²) in [5.41, 5.74) is 1.34. The standard InChI is InChI=1S/C18H29NO/c1-3-20-18-9-7-17(8-10-18)14-19-12-11-16-6-4-5-15(2)13-16/h7-10,15-16,19H,3-6,11-14H2,1-2H3. The highest BCUT2D eigenvalue weighted by molar-refractivity contribution is 5.27. The predicted octanol–water partition coefficient (Wildman–Crippen LogP) is 4.39. The van der Waals surface area contributed by atoms with Gasteiger partial charge in [0.2, 0.25) is 0 Å². The zero-order chi connectivity index (χ0) is 14.2. The summed E-state index contributed by atoms with van der Waals surface area (Å²) < 4.78 is 5.46. The minimum Gasteiger partial charge on any atom is -0.494 e. The molecule has 1 aliphatic carbocycles. The van der Waals surface area contributed by atoms with Gasteiger partial charge in [-0.3, -0.25) is 0 Å². The second kappa shape index (κ2) is 8.31. The summed E-state index contributed by atoms with van der Waals surface area (Å²) in [4.78, 5) is 0. The highest BCUT2D eigenvalue weighted by atomic mass is 16.5. The highest BCUT2D eigenvalue weighted by Gasteiger charge is 2.17. The van der Waals surface area contributed by atoms with E-state index in [9.17, 15) is 0 Å². The molecule has 2 unspecified atom stereocenters. The fourth-order valence-corrected chi connectivity index (χ4v) is 3.23. The van der Waals surface area contributed by atoms with E-state index in [1.807, 2.05) is 6.92 Å². The average Bonchev–Trinajstić information content (AvgIpc) is 2.46. The molecule has 1 fully saturated rings. The third kappa shape index (κ3) is 5.16. The van der Waals surface area contributed by atoms with E-state index in [0.29, 0.717) is 0 Å². The van der Waals surface area contributed by atoms with Crippen molar-refractivity contribution in [3.05, 3.63) is 29.8 Å². The smallest absolute Gasteiger partial charge is 0.119 e. The molecule has 2 atom stereocenters. The highest BCUT2D eigenvalue weighted by Crippen LogP contribution is 2.30. The number of ether oxygens (including phenoxy) is 1. The lowest BCUT2D eigenvalue weighted by atomic mass is 9.81. The molecule has 0 saturated heterocycles. The van der Waals surface area contributed by atoms with E-state index < -0.39 is 0 Å². The molecule has 1 aliphatic rings. The van der Waals surface area contributed by atoms with Gasteiger partial charge in [0.15, 0.2) is 0 Å². The molecular weight excluding hydrogens is 246 g/mol. The molecular formula is C18H29NO. The van der Waals surface area contributed by atoms with Crippen molar-refractivity contribution in [1.82, 2.24) is 5.32 Å². The van der Waals surface area contributed by atoms with Gasteiger partial charge in [-0.15, -0.1) is 0 Å². The quantitative estimate of drug-likeness (QED) is 0.745. The van der Waals surface area contributed by atoms with Crippen molar-refractivity contribution in [3.8, 4) is 5.75 Å². The molecule has 112 valence electrons. The van der Waals surface area contributed by atoms with E-state index >= 15 is 0 Å². The largest absolute Gasteiger partial charge is 0.494 e. The average molecular weight is 275 g/mol. The van der Waals surface area contributed by atoms with Gasteiger partial charge in [0.25, 0.3) is 0 Å². The molecule has 1 aromatic rings. The van der Waals surface area contributed by atoms with Gasteiger partial charge < -0.3 is 10.1 Å². The van der Waals surface area contributed by atoms with Crippen molar-refractivity contribution in [2.45, 2.75) is 52.5 Å². The first-order valence-electron chi connectivity index (χ1n) is 8.20. The van der Waals surface area contributed by atoms with Gasteiger partial charge in [-0.2, -0.15) is 0 Å². The molecule has 0 heterocycles. The zero-order valence-corrected chi connectivity index (χ0v) is 13.0. The van der Waals surface area contributed by atoms with E-state index in [1.165, 1.54) is 37.7 Å². The van der Waals surface area contributed by atoms with Crippen molar-refractivity contribution >= 4 is 0 Å². The Bertz CT molecular complexity index is 374. The Kier molecular flexibility index (Phi) is 6.38. The minimum absolute atomic E-state index is 0.734. The molecule has 1 N–H and O–H groups in total. The van der Waals surface area contributed by atoms with Crippen molar-refractivity contribution in [2.24, 2.45) is 11.8 Å². The van der Waals surface area contributed by atoms with E-state index in [4.69, 9.17) is 4.74 Å². The summed E-state index contributed by atoms with van der Waals surface area (Å²) in [6.07, 6.45) is 7.09. The van der Waals surface area contributed by atoms with Gasteiger partial charge in [0, 0.05) is 6.54 Å². The molecule has 2 nitrogen and oxygen atoms in total. The Morgan fingerprint density at radius 3 is 2.70 bits per heavy atom. The van der Waals surface area contributed by atoms with Crippen molar-refractivity contribution in [3.63, 3.8) is 0 Å². The van der Waals surface area contributed by atoms with Crippen LogP contribution in [0, 0.1) is 11.8 Å². The summed E-state index contributed by atoms with van der Waals surface area (Å²) in [5.74, 6) is 2.86. The maximum absolute atomic E-state index is 5.46. The zero-order valence-electron chi connectivity index (χ0n) is 13.0. The van der Waals surface area contributed by atoms with Crippen LogP contribution in [0.15, 0.2) is 24.3 Å². The first-order chi connectivity index (χ1) is 9.78. The lowest BCUT2D eigenvalue weighted by molar-refractivity contribution is 0.267. The summed E-state index contributed by atoms with van der Waals surface area (Å²) in [6, 6.07) is 8.42. The van der Waals surface area contributed by atoms with Crippen LogP contribution in [0.25, 0.3) is 0 Å². The molecule has 0 aromatic heterocycles. The molecule has 1 aromatic carbocycles. The summed E-state index contributed by atoms with van der Waals surface area (Å²) in [7, 11) is 0. The Morgan fingerprint density at radius 2 is 2.00 bits per heavy atom. The van der Waals surface area contributed by atoms with Gasteiger partial charge in [-0.25, -0.2) is 0 Å². The van der Waals surface area contributed by atoms with Crippen LogP contribution in [0.2, 0.25) is 0 Å². The molecule has 2 heteroatoms. The van der Waals surface area contributed by atoms with E-state index in [2.05, 4.69) is 36.5 Å². The lowest BCUT2D eigenvalue weighted by Gasteiger charge is -2.26. The fourth-order valence-electron chi connectivity index (χ4n) is 3.23. The Hall–Kier alpha value is -1.02. The molecule has 0 aliphatic heterocycles. The van der Waals surface area contributed by atoms with Crippen LogP contribution >= 0.6 is 0 Å². The van der Waals surface area contributed by atoms with Crippen LogP contribution in [0.4, 0.5) is 0 Å². The number of rotatable bonds is 7. The first-order valence-corrected chi connectivity index (χ1v) is 8.20. The molecule has 20 heavy (non-hydrogen) atoms. The Labute approximate surface area is 123 Å². The van der Waals surface area contributed by atoms with E-state index in [0.717, 1.165) is 37.3 Å². The number of benzene rings is 1. The predicted molar refractivity (Wildman–Crippen MR) is 85.1 cm³/mol. The number of hydrogen-bond donors (Lipinski definition) is 1. The normalized spacial score (nSPS) is 22.7. The second-order valence-corrected chi connectivity index (χ2v) is 6.18. The van der Waals surface area contributed by atoms with Crippen LogP contribution < -0.4 is 10.1 Å². The van der Waals surface area contributed by atoms with Crippen molar-refractivity contribution < 1.29 is 4.74 Å². The third-order valence-electron chi connectivity index (χ3n) is 4.34. The van der Waals surface area contributed by atoms with Crippen LogP contribution in [0.1, 0.15) is 51.5 Å². The van der Waals surface area contributed by atoms with Crippen molar-refractivity contribution in [1.29, 1.82) is 0 Å². The number of hydrogen-bond acceptors (Lipinski definition) is 2. The summed E-state index contributed by atoms with van der Waals surface area (Å²) >= 11 is 0. The van der Waals surface area contributed by atoms with Gasteiger partial charge in [-0.1, -0.05) is 38.3 Å². The van der Waals surface area contributed by atoms with Gasteiger partial charge in [0.1, 0.15) is 5.75 Å². The van der Waals surface area contributed by atoms with Gasteiger partial charge in [-0.05, 0) is 55.8 Å². The van der Waals surface area contributed by atoms with Crippen LogP contribution in [-0.2, 0) is 6.54 Å². The molecule has 0 radical (unpaired) electrons. The second-order valence-electron chi connectivity index (χ2n) is 6.18. The molecule has 0 bridgehead atoms. The molecule has 1 saturated carbocycles. The fraction of sp³-hybridized carbons (Fsp3) is 0.667. The molecule has 0 amide bonds. The van der Waals surface area contributed by atoms with Crippen molar-refractivity contribution in [2.75, 3.05) is 13.2 Å². The topological polar surface area (TPSA) is 21.3 Å². The monoisotopic (exact) mass is 275 g/mol. The van der Waals surface area contributed by atoms with Crippen LogP contribution in [0.5, 0.6) is 5.75 Å². The van der Waals surface area contributed by atoms with Crippen LogP contribution in [0.3, 0.4) is 0 Å².